The number of halogens is 1. The van der Waals surface area contributed by atoms with E-state index in [1.165, 1.54) is 12.1 Å². The molecule has 1 aliphatic heterocycles. The highest BCUT2D eigenvalue weighted by Gasteiger charge is 2.23. The first-order valence-electron chi connectivity index (χ1n) is 15.2. The molecule has 46 heavy (non-hydrogen) atoms. The standard InChI is InChI=1S/C36H32FN5O4/c1-23-34(24(2)46-40-23)28-8-11-33-29(20-28)19-25-4-3-5-26(18-25)22-41(14-15-44-16-17-45-33)36(43)31-21-39-42-32(12-13-38-35(31)42)27-6-9-30(37)10-7-27/h3-13,18,20-21H,14-17,19,22H2,1-2H3. The fourth-order valence-corrected chi connectivity index (χ4v) is 5.98. The molecule has 0 unspecified atom stereocenters. The first-order valence-corrected chi connectivity index (χ1v) is 15.2. The monoisotopic (exact) mass is 617 g/mol. The van der Waals surface area contributed by atoms with Crippen LogP contribution < -0.4 is 4.74 Å². The second kappa shape index (κ2) is 12.6. The number of hydrogen-bond acceptors (Lipinski definition) is 7. The molecule has 0 saturated heterocycles. The molecule has 3 aromatic carbocycles. The minimum Gasteiger partial charge on any atom is -0.491 e. The van der Waals surface area contributed by atoms with Crippen LogP contribution >= 0.6 is 0 Å². The van der Waals surface area contributed by atoms with Crippen LogP contribution in [-0.4, -0.2) is 56.9 Å². The zero-order chi connectivity index (χ0) is 31.6. The van der Waals surface area contributed by atoms with Gasteiger partial charge < -0.3 is 18.9 Å². The Kier molecular flexibility index (Phi) is 8.02. The predicted octanol–water partition coefficient (Wildman–Crippen LogP) is 6.45. The Labute approximate surface area is 265 Å². The number of fused-ring (bicyclic) bond motifs is 4. The minimum atomic E-state index is -0.323. The summed E-state index contributed by atoms with van der Waals surface area (Å²) in [5.74, 6) is 1.05. The van der Waals surface area contributed by atoms with Gasteiger partial charge in [0.15, 0.2) is 5.65 Å². The van der Waals surface area contributed by atoms with Gasteiger partial charge in [-0.2, -0.15) is 5.10 Å². The number of carbonyl (C=O) groups is 1. The third kappa shape index (κ3) is 5.87. The van der Waals surface area contributed by atoms with Crippen molar-refractivity contribution in [2.45, 2.75) is 26.8 Å². The second-order valence-corrected chi connectivity index (χ2v) is 11.3. The first-order chi connectivity index (χ1) is 22.4. The van der Waals surface area contributed by atoms with Gasteiger partial charge in [0.25, 0.3) is 5.91 Å². The van der Waals surface area contributed by atoms with E-state index in [4.69, 9.17) is 14.0 Å². The van der Waals surface area contributed by atoms with Gasteiger partial charge in [0.2, 0.25) is 0 Å². The number of carbonyl (C=O) groups excluding carboxylic acids is 1. The molecule has 0 N–H and O–H groups in total. The smallest absolute Gasteiger partial charge is 0.259 e. The molecule has 0 radical (unpaired) electrons. The van der Waals surface area contributed by atoms with Crippen LogP contribution in [-0.2, 0) is 17.7 Å². The Morgan fingerprint density at radius 1 is 0.913 bits per heavy atom. The molecule has 4 heterocycles. The molecule has 7 rings (SSSR count). The summed E-state index contributed by atoms with van der Waals surface area (Å²) in [6.07, 6.45) is 3.82. The summed E-state index contributed by atoms with van der Waals surface area (Å²) in [6.45, 7) is 5.69. The number of aromatic nitrogens is 4. The highest BCUT2D eigenvalue weighted by molar-refractivity contribution is 6.00. The molecular weight excluding hydrogens is 585 g/mol. The molecule has 2 bridgehead atoms. The van der Waals surface area contributed by atoms with E-state index in [1.54, 1.807) is 40.0 Å². The molecule has 9 nitrogen and oxygen atoms in total. The van der Waals surface area contributed by atoms with E-state index < -0.39 is 0 Å². The van der Waals surface area contributed by atoms with Gasteiger partial charge in [-0.05, 0) is 78.6 Å². The fourth-order valence-electron chi connectivity index (χ4n) is 5.98. The van der Waals surface area contributed by atoms with E-state index >= 15 is 0 Å². The van der Waals surface area contributed by atoms with E-state index in [1.807, 2.05) is 38.1 Å². The van der Waals surface area contributed by atoms with Crippen molar-refractivity contribution < 1.29 is 23.2 Å². The number of hydrogen-bond donors (Lipinski definition) is 0. The lowest BCUT2D eigenvalue weighted by atomic mass is 9.96. The van der Waals surface area contributed by atoms with Crippen LogP contribution in [0, 0.1) is 19.7 Å². The third-order valence-corrected chi connectivity index (χ3v) is 8.19. The highest BCUT2D eigenvalue weighted by Crippen LogP contribution is 2.32. The summed E-state index contributed by atoms with van der Waals surface area (Å²) in [6, 6.07) is 22.4. The van der Waals surface area contributed by atoms with Crippen molar-refractivity contribution in [3.8, 4) is 28.1 Å². The number of aryl methyl sites for hydroxylation is 2. The molecule has 0 atom stereocenters. The largest absolute Gasteiger partial charge is 0.491 e. The summed E-state index contributed by atoms with van der Waals surface area (Å²) in [5.41, 5.74) is 8.26. The van der Waals surface area contributed by atoms with E-state index in [0.717, 1.165) is 50.6 Å². The van der Waals surface area contributed by atoms with Gasteiger partial charge in [-0.1, -0.05) is 35.5 Å². The van der Waals surface area contributed by atoms with E-state index in [2.05, 4.69) is 33.4 Å². The fraction of sp³-hybridized carbons (Fsp3) is 0.222. The lowest BCUT2D eigenvalue weighted by Gasteiger charge is -2.23. The van der Waals surface area contributed by atoms with Gasteiger partial charge in [0, 0.05) is 36.8 Å². The summed E-state index contributed by atoms with van der Waals surface area (Å²) in [7, 11) is 0. The minimum absolute atomic E-state index is 0.203. The molecular formula is C36H32FN5O4. The maximum Gasteiger partial charge on any atom is 0.259 e. The van der Waals surface area contributed by atoms with Crippen LogP contribution in [0.2, 0.25) is 0 Å². The van der Waals surface area contributed by atoms with Crippen LogP contribution in [0.15, 0.2) is 89.7 Å². The Bertz CT molecular complexity index is 2020. The molecule has 3 aromatic heterocycles. The summed E-state index contributed by atoms with van der Waals surface area (Å²) >= 11 is 0. The molecule has 1 amide bonds. The van der Waals surface area contributed by atoms with Crippen molar-refractivity contribution in [1.82, 2.24) is 24.7 Å². The molecule has 0 saturated carbocycles. The average Bonchev–Trinajstić information content (AvgIpc) is 3.65. The van der Waals surface area contributed by atoms with Crippen LogP contribution in [0.25, 0.3) is 28.0 Å². The van der Waals surface area contributed by atoms with Gasteiger partial charge in [0.05, 0.1) is 30.8 Å². The van der Waals surface area contributed by atoms with Crippen LogP contribution in [0.3, 0.4) is 0 Å². The van der Waals surface area contributed by atoms with Crippen molar-refractivity contribution in [2.75, 3.05) is 26.4 Å². The normalized spacial score (nSPS) is 14.0. The third-order valence-electron chi connectivity index (χ3n) is 8.19. The van der Waals surface area contributed by atoms with Gasteiger partial charge >= 0.3 is 0 Å². The molecule has 6 aromatic rings. The number of benzene rings is 3. The maximum atomic E-state index is 14.1. The highest BCUT2D eigenvalue weighted by atomic mass is 19.1. The molecule has 0 fully saturated rings. The number of ether oxygens (including phenoxy) is 2. The lowest BCUT2D eigenvalue weighted by Crippen LogP contribution is -2.34. The van der Waals surface area contributed by atoms with Crippen LogP contribution in [0.4, 0.5) is 4.39 Å². The number of amides is 1. The first kappa shape index (κ1) is 29.4. The summed E-state index contributed by atoms with van der Waals surface area (Å²) in [5, 5.41) is 8.63. The van der Waals surface area contributed by atoms with E-state index in [-0.39, 0.29) is 11.7 Å². The topological polar surface area (TPSA) is 95.0 Å². The number of rotatable bonds is 3. The van der Waals surface area contributed by atoms with Crippen molar-refractivity contribution in [3.63, 3.8) is 0 Å². The molecule has 0 aliphatic carbocycles. The van der Waals surface area contributed by atoms with Crippen molar-refractivity contribution >= 4 is 11.6 Å². The second-order valence-electron chi connectivity index (χ2n) is 11.3. The van der Waals surface area contributed by atoms with Crippen LogP contribution in [0.1, 0.15) is 38.5 Å². The van der Waals surface area contributed by atoms with Crippen molar-refractivity contribution in [1.29, 1.82) is 0 Å². The van der Waals surface area contributed by atoms with Crippen molar-refractivity contribution in [3.05, 3.63) is 125 Å². The molecule has 0 spiro atoms. The molecule has 232 valence electrons. The van der Waals surface area contributed by atoms with Gasteiger partial charge in [-0.25, -0.2) is 13.9 Å². The van der Waals surface area contributed by atoms with Gasteiger partial charge in [-0.3, -0.25) is 4.79 Å². The zero-order valence-corrected chi connectivity index (χ0v) is 25.6. The van der Waals surface area contributed by atoms with E-state index in [0.29, 0.717) is 56.2 Å². The SMILES string of the molecule is Cc1noc(C)c1-c1ccc2c(c1)Cc1cccc(c1)CN(C(=O)c1cnn3c(-c4ccc(F)cc4)ccnc13)CCOCCO2. The summed E-state index contributed by atoms with van der Waals surface area (Å²) < 4.78 is 32.7. The molecule has 10 heteroatoms. The van der Waals surface area contributed by atoms with Crippen LogP contribution in [0.5, 0.6) is 5.75 Å². The Hall–Kier alpha value is -5.35. The Balaban J connectivity index is 1.19. The number of nitrogens with zero attached hydrogens (tertiary/aromatic N) is 5. The maximum absolute atomic E-state index is 14.1. The Morgan fingerprint density at radius 2 is 1.74 bits per heavy atom. The quantitative estimate of drug-likeness (QED) is 0.225. The van der Waals surface area contributed by atoms with Gasteiger partial charge in [-0.15, -0.1) is 0 Å². The van der Waals surface area contributed by atoms with E-state index in [9.17, 15) is 9.18 Å². The Morgan fingerprint density at radius 3 is 2.57 bits per heavy atom. The zero-order valence-electron chi connectivity index (χ0n) is 25.6. The average molecular weight is 618 g/mol. The summed E-state index contributed by atoms with van der Waals surface area (Å²) in [4.78, 5) is 20.3. The molecule has 1 aliphatic rings. The lowest BCUT2D eigenvalue weighted by molar-refractivity contribution is 0.0572. The van der Waals surface area contributed by atoms with Gasteiger partial charge in [0.1, 0.15) is 29.5 Å². The predicted molar refractivity (Wildman–Crippen MR) is 170 cm³/mol. The van der Waals surface area contributed by atoms with Crippen molar-refractivity contribution in [2.24, 2.45) is 0 Å².